The number of anilines is 2. The predicted molar refractivity (Wildman–Crippen MR) is 105 cm³/mol. The minimum atomic E-state index is -0.499. The molecule has 2 amide bonds. The molecule has 0 aliphatic carbocycles. The monoisotopic (exact) mass is 396 g/mol. The zero-order valence-corrected chi connectivity index (χ0v) is 15.9. The lowest BCUT2D eigenvalue weighted by Crippen LogP contribution is -2.26. The zero-order chi connectivity index (χ0) is 19.7. The first-order valence-corrected chi connectivity index (χ1v) is 9.56. The van der Waals surface area contributed by atoms with Gasteiger partial charge in [0.05, 0.1) is 5.92 Å². The first kappa shape index (κ1) is 18.2. The molecule has 0 spiro atoms. The minimum absolute atomic E-state index is 0.0407. The van der Waals surface area contributed by atoms with Gasteiger partial charge in [0.25, 0.3) is 0 Å². The van der Waals surface area contributed by atoms with Crippen molar-refractivity contribution in [3.05, 3.63) is 70.5 Å². The van der Waals surface area contributed by atoms with E-state index in [1.54, 1.807) is 18.0 Å². The van der Waals surface area contributed by atoms with Gasteiger partial charge in [-0.05, 0) is 29.3 Å². The maximum Gasteiger partial charge on any atom is 0.234 e. The number of nitrogens with one attached hydrogen (secondary N) is 1. The van der Waals surface area contributed by atoms with Crippen molar-refractivity contribution in [1.82, 2.24) is 10.2 Å². The molecule has 0 fully saturated rings. The summed E-state index contributed by atoms with van der Waals surface area (Å²) in [6, 6.07) is 13.7. The second-order valence-electron chi connectivity index (χ2n) is 6.57. The molecule has 0 bridgehead atoms. The molecule has 8 heteroatoms. The van der Waals surface area contributed by atoms with Crippen LogP contribution in [0.15, 0.2) is 48.5 Å². The normalized spacial score (nSPS) is 15.6. The van der Waals surface area contributed by atoms with E-state index in [4.69, 9.17) is 0 Å². The van der Waals surface area contributed by atoms with Gasteiger partial charge in [-0.25, -0.2) is 4.39 Å². The van der Waals surface area contributed by atoms with Gasteiger partial charge in [0.15, 0.2) is 0 Å². The van der Waals surface area contributed by atoms with Gasteiger partial charge in [-0.1, -0.05) is 41.7 Å². The number of aromatic nitrogens is 2. The second-order valence-corrected chi connectivity index (χ2v) is 7.63. The Bertz CT molecular complexity index is 1050. The molecule has 0 unspecified atom stereocenters. The molecule has 4 rings (SSSR count). The van der Waals surface area contributed by atoms with E-state index in [0.29, 0.717) is 16.6 Å². The first-order valence-electron chi connectivity index (χ1n) is 8.74. The number of fused-ring (bicyclic) bond motifs is 1. The Kier molecular flexibility index (Phi) is 4.87. The Hall–Kier alpha value is -3.13. The van der Waals surface area contributed by atoms with E-state index in [1.165, 1.54) is 23.5 Å². The van der Waals surface area contributed by atoms with Gasteiger partial charge in [0, 0.05) is 25.6 Å². The van der Waals surface area contributed by atoms with Gasteiger partial charge in [-0.15, -0.1) is 10.2 Å². The standard InChI is InChI=1S/C20H17FN4O2S/c1-25-16-8-3-2-7-14(16)15(19(25)27)11-17(26)22-20-24-23-18(28-20)10-12-5-4-6-13(21)9-12/h2-9,15H,10-11H2,1H3,(H,22,24,26)/t15-/m0/s1. The molecule has 1 atom stereocenters. The number of para-hydroxylation sites is 1. The zero-order valence-electron chi connectivity index (χ0n) is 15.1. The molecule has 2 heterocycles. The summed E-state index contributed by atoms with van der Waals surface area (Å²) in [5.74, 6) is -1.19. The highest BCUT2D eigenvalue weighted by Gasteiger charge is 2.36. The van der Waals surface area contributed by atoms with Crippen molar-refractivity contribution < 1.29 is 14.0 Å². The maximum atomic E-state index is 13.3. The lowest BCUT2D eigenvalue weighted by atomic mass is 9.97. The van der Waals surface area contributed by atoms with Crippen molar-refractivity contribution in [3.8, 4) is 0 Å². The summed E-state index contributed by atoms with van der Waals surface area (Å²) in [5, 5.41) is 11.8. The average Bonchev–Trinajstić information content (AvgIpc) is 3.20. The van der Waals surface area contributed by atoms with E-state index < -0.39 is 5.92 Å². The van der Waals surface area contributed by atoms with E-state index in [9.17, 15) is 14.0 Å². The Morgan fingerprint density at radius 3 is 2.86 bits per heavy atom. The van der Waals surface area contributed by atoms with Gasteiger partial charge >= 0.3 is 0 Å². The predicted octanol–water partition coefficient (Wildman–Crippen LogP) is 3.36. The largest absolute Gasteiger partial charge is 0.315 e. The van der Waals surface area contributed by atoms with E-state index in [-0.39, 0.29) is 24.1 Å². The van der Waals surface area contributed by atoms with Crippen LogP contribution in [-0.2, 0) is 16.0 Å². The third-order valence-electron chi connectivity index (χ3n) is 4.65. The van der Waals surface area contributed by atoms with Crippen molar-refractivity contribution in [2.45, 2.75) is 18.8 Å². The Morgan fingerprint density at radius 1 is 1.21 bits per heavy atom. The molecular weight excluding hydrogens is 379 g/mol. The Morgan fingerprint density at radius 2 is 2.04 bits per heavy atom. The molecule has 1 N–H and O–H groups in total. The quantitative estimate of drug-likeness (QED) is 0.718. The van der Waals surface area contributed by atoms with Crippen LogP contribution >= 0.6 is 11.3 Å². The third kappa shape index (κ3) is 3.63. The Balaban J connectivity index is 1.41. The highest BCUT2D eigenvalue weighted by atomic mass is 32.1. The summed E-state index contributed by atoms with van der Waals surface area (Å²) in [6.07, 6.45) is 0.476. The molecule has 1 aromatic heterocycles. The van der Waals surface area contributed by atoms with Gasteiger partial charge in [-0.3, -0.25) is 9.59 Å². The van der Waals surface area contributed by atoms with E-state index in [2.05, 4.69) is 15.5 Å². The van der Waals surface area contributed by atoms with Crippen LogP contribution in [0.25, 0.3) is 0 Å². The van der Waals surface area contributed by atoms with Crippen LogP contribution in [0.5, 0.6) is 0 Å². The van der Waals surface area contributed by atoms with Gasteiger partial charge < -0.3 is 10.2 Å². The molecule has 0 saturated heterocycles. The topological polar surface area (TPSA) is 75.2 Å². The summed E-state index contributed by atoms with van der Waals surface area (Å²) in [4.78, 5) is 26.5. The van der Waals surface area contributed by atoms with E-state index in [1.807, 2.05) is 30.3 Å². The third-order valence-corrected chi connectivity index (χ3v) is 5.49. The van der Waals surface area contributed by atoms with Crippen molar-refractivity contribution in [2.24, 2.45) is 0 Å². The number of carbonyl (C=O) groups is 2. The lowest BCUT2D eigenvalue weighted by Gasteiger charge is -2.10. The lowest BCUT2D eigenvalue weighted by molar-refractivity contribution is -0.123. The number of carbonyl (C=O) groups excluding carboxylic acids is 2. The number of amides is 2. The number of nitrogens with zero attached hydrogens (tertiary/aromatic N) is 3. The fourth-order valence-electron chi connectivity index (χ4n) is 3.32. The second kappa shape index (κ2) is 7.47. The first-order chi connectivity index (χ1) is 13.5. The summed E-state index contributed by atoms with van der Waals surface area (Å²) >= 11 is 1.23. The minimum Gasteiger partial charge on any atom is -0.315 e. The highest BCUT2D eigenvalue weighted by molar-refractivity contribution is 7.15. The molecular formula is C20H17FN4O2S. The number of benzene rings is 2. The average molecular weight is 396 g/mol. The van der Waals surface area contributed by atoms with Gasteiger partial charge in [0.1, 0.15) is 10.8 Å². The van der Waals surface area contributed by atoms with Crippen molar-refractivity contribution in [3.63, 3.8) is 0 Å². The molecule has 0 saturated carbocycles. The highest BCUT2D eigenvalue weighted by Crippen LogP contribution is 2.38. The number of likely N-dealkylation sites (N-methyl/N-ethyl adjacent to an activating group) is 1. The molecule has 1 aliphatic rings. The molecule has 1 aliphatic heterocycles. The molecule has 0 radical (unpaired) electrons. The van der Waals surface area contributed by atoms with Crippen molar-refractivity contribution in [1.29, 1.82) is 0 Å². The van der Waals surface area contributed by atoms with Gasteiger partial charge in [-0.2, -0.15) is 0 Å². The van der Waals surface area contributed by atoms with Crippen LogP contribution in [0, 0.1) is 5.82 Å². The SMILES string of the molecule is CN1C(=O)[C@@H](CC(=O)Nc2nnc(Cc3cccc(F)c3)s2)c2ccccc21. The van der Waals surface area contributed by atoms with Crippen LogP contribution < -0.4 is 10.2 Å². The molecule has 3 aromatic rings. The summed E-state index contributed by atoms with van der Waals surface area (Å²) in [7, 11) is 1.71. The van der Waals surface area contributed by atoms with Crippen LogP contribution in [0.3, 0.4) is 0 Å². The van der Waals surface area contributed by atoms with E-state index >= 15 is 0 Å². The summed E-state index contributed by atoms with van der Waals surface area (Å²) in [6.45, 7) is 0. The number of rotatable bonds is 5. The Labute approximate surface area is 165 Å². The fraction of sp³-hybridized carbons (Fsp3) is 0.200. The van der Waals surface area contributed by atoms with E-state index in [0.717, 1.165) is 16.8 Å². The number of hydrogen-bond donors (Lipinski definition) is 1. The number of halogens is 1. The molecule has 28 heavy (non-hydrogen) atoms. The number of hydrogen-bond acceptors (Lipinski definition) is 5. The van der Waals surface area contributed by atoms with Gasteiger partial charge in [0.2, 0.25) is 16.9 Å². The molecule has 2 aromatic carbocycles. The van der Waals surface area contributed by atoms with Crippen molar-refractivity contribution in [2.75, 3.05) is 17.3 Å². The van der Waals surface area contributed by atoms with Crippen LogP contribution in [-0.4, -0.2) is 29.1 Å². The molecule has 142 valence electrons. The van der Waals surface area contributed by atoms with Crippen molar-refractivity contribution >= 4 is 34.0 Å². The fourth-order valence-corrected chi connectivity index (χ4v) is 4.11. The summed E-state index contributed by atoms with van der Waals surface area (Å²) in [5.41, 5.74) is 2.47. The summed E-state index contributed by atoms with van der Waals surface area (Å²) < 4.78 is 13.3. The van der Waals surface area contributed by atoms with Crippen LogP contribution in [0.1, 0.15) is 28.5 Å². The van der Waals surface area contributed by atoms with Crippen LogP contribution in [0.2, 0.25) is 0 Å². The van der Waals surface area contributed by atoms with Crippen LogP contribution in [0.4, 0.5) is 15.2 Å². The molecule has 6 nitrogen and oxygen atoms in total. The maximum absolute atomic E-state index is 13.3. The smallest absolute Gasteiger partial charge is 0.234 e.